The molecule has 0 fully saturated rings. The zero-order chi connectivity index (χ0) is 13.1. The van der Waals surface area contributed by atoms with E-state index >= 15 is 0 Å². The van der Waals surface area contributed by atoms with Gasteiger partial charge in [-0.3, -0.25) is 4.90 Å². The second-order valence-electron chi connectivity index (χ2n) is 5.18. The SMILES string of the molecule is CCCCCCCC(CN)N(CC)C(C)CC. The Balaban J connectivity index is 3.94. The highest BCUT2D eigenvalue weighted by molar-refractivity contribution is 4.76. The third-order valence-corrected chi connectivity index (χ3v) is 3.90. The van der Waals surface area contributed by atoms with E-state index in [-0.39, 0.29) is 0 Å². The summed E-state index contributed by atoms with van der Waals surface area (Å²) in [5.41, 5.74) is 5.94. The molecule has 0 aromatic heterocycles. The third-order valence-electron chi connectivity index (χ3n) is 3.90. The second kappa shape index (κ2) is 11.0. The van der Waals surface area contributed by atoms with Gasteiger partial charge < -0.3 is 5.73 Å². The molecule has 2 N–H and O–H groups in total. The molecule has 0 radical (unpaired) electrons. The van der Waals surface area contributed by atoms with Gasteiger partial charge in [0.1, 0.15) is 0 Å². The van der Waals surface area contributed by atoms with Gasteiger partial charge in [-0.25, -0.2) is 0 Å². The molecule has 2 nitrogen and oxygen atoms in total. The van der Waals surface area contributed by atoms with Gasteiger partial charge in [0, 0.05) is 18.6 Å². The van der Waals surface area contributed by atoms with Crippen molar-refractivity contribution in [3.05, 3.63) is 0 Å². The van der Waals surface area contributed by atoms with Crippen molar-refractivity contribution in [1.29, 1.82) is 0 Å². The summed E-state index contributed by atoms with van der Waals surface area (Å²) in [6, 6.07) is 1.26. The smallest absolute Gasteiger partial charge is 0.0221 e. The Kier molecular flexibility index (Phi) is 11.0. The van der Waals surface area contributed by atoms with Crippen LogP contribution in [0.15, 0.2) is 0 Å². The number of hydrogen-bond acceptors (Lipinski definition) is 2. The van der Waals surface area contributed by atoms with Crippen LogP contribution in [-0.2, 0) is 0 Å². The van der Waals surface area contributed by atoms with Crippen molar-refractivity contribution >= 4 is 0 Å². The molecular formula is C15H34N2. The zero-order valence-corrected chi connectivity index (χ0v) is 12.5. The maximum absolute atomic E-state index is 5.94. The fraction of sp³-hybridized carbons (Fsp3) is 1.00. The Bertz CT molecular complexity index is 159. The van der Waals surface area contributed by atoms with Crippen LogP contribution in [0.1, 0.15) is 72.6 Å². The summed E-state index contributed by atoms with van der Waals surface area (Å²) >= 11 is 0. The lowest BCUT2D eigenvalue weighted by molar-refractivity contribution is 0.142. The summed E-state index contributed by atoms with van der Waals surface area (Å²) in [4.78, 5) is 2.58. The summed E-state index contributed by atoms with van der Waals surface area (Å²) in [6.45, 7) is 11.1. The van der Waals surface area contributed by atoms with E-state index in [1.165, 1.54) is 44.9 Å². The molecule has 0 saturated carbocycles. The van der Waals surface area contributed by atoms with Gasteiger partial charge in [-0.2, -0.15) is 0 Å². The molecule has 2 unspecified atom stereocenters. The molecule has 0 bridgehead atoms. The maximum atomic E-state index is 5.94. The van der Waals surface area contributed by atoms with Gasteiger partial charge in [0.05, 0.1) is 0 Å². The number of hydrogen-bond donors (Lipinski definition) is 1. The van der Waals surface area contributed by atoms with E-state index in [4.69, 9.17) is 5.73 Å². The first-order valence-corrected chi connectivity index (χ1v) is 7.66. The second-order valence-corrected chi connectivity index (χ2v) is 5.18. The average molecular weight is 242 g/mol. The van der Waals surface area contributed by atoms with Gasteiger partial charge in [0.25, 0.3) is 0 Å². The summed E-state index contributed by atoms with van der Waals surface area (Å²) in [7, 11) is 0. The van der Waals surface area contributed by atoms with Gasteiger partial charge in [0.15, 0.2) is 0 Å². The average Bonchev–Trinajstić information content (AvgIpc) is 2.36. The van der Waals surface area contributed by atoms with Crippen molar-refractivity contribution in [2.45, 2.75) is 84.7 Å². The van der Waals surface area contributed by atoms with Gasteiger partial charge >= 0.3 is 0 Å². The number of likely N-dealkylation sites (N-methyl/N-ethyl adjacent to an activating group) is 1. The van der Waals surface area contributed by atoms with E-state index in [9.17, 15) is 0 Å². The highest BCUT2D eigenvalue weighted by atomic mass is 15.2. The Morgan fingerprint density at radius 3 is 2.12 bits per heavy atom. The topological polar surface area (TPSA) is 29.3 Å². The molecule has 17 heavy (non-hydrogen) atoms. The van der Waals surface area contributed by atoms with Crippen molar-refractivity contribution in [3.8, 4) is 0 Å². The van der Waals surface area contributed by atoms with E-state index in [1.54, 1.807) is 0 Å². The van der Waals surface area contributed by atoms with Crippen LogP contribution in [0.3, 0.4) is 0 Å². The number of unbranched alkanes of at least 4 members (excludes halogenated alkanes) is 4. The lowest BCUT2D eigenvalue weighted by Gasteiger charge is -2.34. The van der Waals surface area contributed by atoms with Gasteiger partial charge in [-0.05, 0) is 26.3 Å². The zero-order valence-electron chi connectivity index (χ0n) is 12.5. The minimum atomic E-state index is 0.594. The quantitative estimate of drug-likeness (QED) is 0.558. The van der Waals surface area contributed by atoms with Crippen molar-refractivity contribution in [1.82, 2.24) is 4.90 Å². The van der Waals surface area contributed by atoms with Gasteiger partial charge in [-0.15, -0.1) is 0 Å². The standard InChI is InChI=1S/C15H34N2/c1-5-8-9-10-11-12-15(13-16)17(7-3)14(4)6-2/h14-15H,5-13,16H2,1-4H3. The molecule has 0 aromatic carbocycles. The van der Waals surface area contributed by atoms with Gasteiger partial charge in [0.2, 0.25) is 0 Å². The van der Waals surface area contributed by atoms with Crippen molar-refractivity contribution < 1.29 is 0 Å². The monoisotopic (exact) mass is 242 g/mol. The van der Waals surface area contributed by atoms with E-state index in [2.05, 4.69) is 32.6 Å². The first kappa shape index (κ1) is 16.9. The molecule has 0 aromatic rings. The minimum absolute atomic E-state index is 0.594. The molecule has 0 heterocycles. The summed E-state index contributed by atoms with van der Waals surface area (Å²) in [5, 5.41) is 0. The Hall–Kier alpha value is -0.0800. The van der Waals surface area contributed by atoms with E-state index in [0.29, 0.717) is 12.1 Å². The van der Waals surface area contributed by atoms with E-state index in [0.717, 1.165) is 13.1 Å². The van der Waals surface area contributed by atoms with Crippen molar-refractivity contribution in [3.63, 3.8) is 0 Å². The molecule has 0 aliphatic rings. The Labute approximate surface area is 109 Å². The molecule has 0 amide bonds. The molecule has 2 heteroatoms. The number of rotatable bonds is 11. The van der Waals surface area contributed by atoms with Crippen LogP contribution in [0.2, 0.25) is 0 Å². The van der Waals surface area contributed by atoms with Crippen LogP contribution >= 0.6 is 0 Å². The normalized spacial score (nSPS) is 15.2. The molecule has 0 saturated heterocycles. The molecule has 0 spiro atoms. The van der Waals surface area contributed by atoms with Crippen LogP contribution in [0, 0.1) is 0 Å². The summed E-state index contributed by atoms with van der Waals surface area (Å²) in [5.74, 6) is 0. The van der Waals surface area contributed by atoms with Crippen molar-refractivity contribution in [2.75, 3.05) is 13.1 Å². The summed E-state index contributed by atoms with van der Waals surface area (Å²) in [6.07, 6.45) is 9.32. The summed E-state index contributed by atoms with van der Waals surface area (Å²) < 4.78 is 0. The lowest BCUT2D eigenvalue weighted by Crippen LogP contribution is -2.45. The largest absolute Gasteiger partial charge is 0.329 e. The maximum Gasteiger partial charge on any atom is 0.0221 e. The van der Waals surface area contributed by atoms with Crippen LogP contribution in [0.5, 0.6) is 0 Å². The molecular weight excluding hydrogens is 208 g/mol. The third kappa shape index (κ3) is 7.05. The lowest BCUT2D eigenvalue weighted by atomic mass is 10.0. The Morgan fingerprint density at radius 2 is 1.65 bits per heavy atom. The molecule has 0 aliphatic heterocycles. The minimum Gasteiger partial charge on any atom is -0.329 e. The van der Waals surface area contributed by atoms with Crippen LogP contribution in [0.25, 0.3) is 0 Å². The fourth-order valence-electron chi connectivity index (χ4n) is 2.57. The van der Waals surface area contributed by atoms with Crippen LogP contribution in [0.4, 0.5) is 0 Å². The van der Waals surface area contributed by atoms with Crippen molar-refractivity contribution in [2.24, 2.45) is 5.73 Å². The van der Waals surface area contributed by atoms with Crippen LogP contribution in [-0.4, -0.2) is 30.1 Å². The fourth-order valence-corrected chi connectivity index (χ4v) is 2.57. The predicted octanol–water partition coefficient (Wildman–Crippen LogP) is 3.79. The Morgan fingerprint density at radius 1 is 1.00 bits per heavy atom. The molecule has 0 aliphatic carbocycles. The predicted molar refractivity (Wildman–Crippen MR) is 78.4 cm³/mol. The first-order valence-electron chi connectivity index (χ1n) is 7.66. The van der Waals surface area contributed by atoms with E-state index in [1.807, 2.05) is 0 Å². The highest BCUT2D eigenvalue weighted by Crippen LogP contribution is 2.15. The van der Waals surface area contributed by atoms with Gasteiger partial charge in [-0.1, -0.05) is 52.9 Å². The van der Waals surface area contributed by atoms with Crippen LogP contribution < -0.4 is 5.73 Å². The number of nitrogens with two attached hydrogens (primary N) is 1. The molecule has 2 atom stereocenters. The first-order chi connectivity index (χ1) is 8.21. The number of nitrogens with zero attached hydrogens (tertiary/aromatic N) is 1. The molecule has 0 rings (SSSR count). The van der Waals surface area contributed by atoms with E-state index < -0.39 is 0 Å². The molecule has 104 valence electrons. The highest BCUT2D eigenvalue weighted by Gasteiger charge is 2.19.